The van der Waals surface area contributed by atoms with Gasteiger partial charge in [0.2, 0.25) is 0 Å². The Bertz CT molecular complexity index is 640. The number of carbonyl (C=O) groups is 1. The van der Waals surface area contributed by atoms with Gasteiger partial charge in [-0.05, 0) is 37.6 Å². The van der Waals surface area contributed by atoms with Gasteiger partial charge in [-0.1, -0.05) is 45.8 Å². The van der Waals surface area contributed by atoms with E-state index in [4.69, 9.17) is 0 Å². The van der Waals surface area contributed by atoms with Gasteiger partial charge in [-0.15, -0.1) is 0 Å². The van der Waals surface area contributed by atoms with Crippen LogP contribution < -0.4 is 5.32 Å². The number of hydrogen-bond acceptors (Lipinski definition) is 1. The number of rotatable bonds is 3. The van der Waals surface area contributed by atoms with Crippen molar-refractivity contribution in [2.45, 2.75) is 18.7 Å². The Labute approximate surface area is 126 Å². The van der Waals surface area contributed by atoms with Crippen LogP contribution in [0.2, 0.25) is 0 Å². The molecule has 0 heterocycles. The maximum atomic E-state index is 13.7. The van der Waals surface area contributed by atoms with E-state index in [9.17, 15) is 9.18 Å². The third-order valence-corrected chi connectivity index (χ3v) is 3.50. The van der Waals surface area contributed by atoms with E-state index in [1.807, 2.05) is 32.0 Å². The SMILES string of the molecule is Cc1ccc(F)c(C(=O)Nc2ccccc2C(C)Br)c1. The number of para-hydroxylation sites is 1. The van der Waals surface area contributed by atoms with E-state index in [2.05, 4.69) is 21.2 Å². The summed E-state index contributed by atoms with van der Waals surface area (Å²) in [7, 11) is 0. The second-order valence-electron chi connectivity index (χ2n) is 4.64. The number of benzene rings is 2. The lowest BCUT2D eigenvalue weighted by Gasteiger charge is -2.13. The van der Waals surface area contributed by atoms with Crippen LogP contribution in [-0.4, -0.2) is 5.91 Å². The molecule has 0 aliphatic rings. The van der Waals surface area contributed by atoms with Crippen LogP contribution in [0.1, 0.15) is 33.2 Å². The van der Waals surface area contributed by atoms with Crippen molar-refractivity contribution in [3.63, 3.8) is 0 Å². The van der Waals surface area contributed by atoms with E-state index in [1.54, 1.807) is 18.2 Å². The number of aryl methyl sites for hydroxylation is 1. The molecule has 0 saturated carbocycles. The largest absolute Gasteiger partial charge is 0.322 e. The summed E-state index contributed by atoms with van der Waals surface area (Å²) in [5.41, 5.74) is 2.54. The summed E-state index contributed by atoms with van der Waals surface area (Å²) in [6, 6.07) is 12.0. The minimum absolute atomic E-state index is 0.0574. The molecule has 20 heavy (non-hydrogen) atoms. The third-order valence-electron chi connectivity index (χ3n) is 3.00. The van der Waals surface area contributed by atoms with Crippen molar-refractivity contribution in [1.29, 1.82) is 0 Å². The molecule has 0 radical (unpaired) electrons. The third kappa shape index (κ3) is 3.25. The Morgan fingerprint density at radius 1 is 1.25 bits per heavy atom. The fraction of sp³-hybridized carbons (Fsp3) is 0.188. The van der Waals surface area contributed by atoms with Gasteiger partial charge in [0.1, 0.15) is 5.82 Å². The molecule has 1 atom stereocenters. The van der Waals surface area contributed by atoms with Gasteiger partial charge in [-0.3, -0.25) is 4.79 Å². The molecule has 0 bridgehead atoms. The average molecular weight is 336 g/mol. The first kappa shape index (κ1) is 14.7. The summed E-state index contributed by atoms with van der Waals surface area (Å²) in [6.07, 6.45) is 0. The average Bonchev–Trinajstić information content (AvgIpc) is 2.41. The number of amides is 1. The van der Waals surface area contributed by atoms with Crippen molar-refractivity contribution in [3.8, 4) is 0 Å². The number of alkyl halides is 1. The Kier molecular flexibility index (Phi) is 4.55. The summed E-state index contributed by atoms with van der Waals surface area (Å²) in [4.78, 5) is 12.3. The molecule has 0 aromatic heterocycles. The smallest absolute Gasteiger partial charge is 0.258 e. The van der Waals surface area contributed by atoms with E-state index in [0.717, 1.165) is 11.1 Å². The van der Waals surface area contributed by atoms with Crippen molar-refractivity contribution in [2.75, 3.05) is 5.32 Å². The van der Waals surface area contributed by atoms with Crippen molar-refractivity contribution in [3.05, 3.63) is 65.0 Å². The predicted octanol–water partition coefficient (Wildman–Crippen LogP) is 4.84. The van der Waals surface area contributed by atoms with Gasteiger partial charge in [0.25, 0.3) is 5.91 Å². The van der Waals surface area contributed by atoms with Gasteiger partial charge >= 0.3 is 0 Å². The second-order valence-corrected chi connectivity index (χ2v) is 6.01. The van der Waals surface area contributed by atoms with E-state index >= 15 is 0 Å². The van der Waals surface area contributed by atoms with Crippen LogP contribution >= 0.6 is 15.9 Å². The van der Waals surface area contributed by atoms with E-state index in [-0.39, 0.29) is 10.4 Å². The second kappa shape index (κ2) is 6.18. The molecule has 104 valence electrons. The number of hydrogen-bond donors (Lipinski definition) is 1. The molecule has 0 aliphatic heterocycles. The molecular formula is C16H15BrFNO. The van der Waals surface area contributed by atoms with Crippen molar-refractivity contribution in [2.24, 2.45) is 0 Å². The lowest BCUT2D eigenvalue weighted by atomic mass is 10.1. The Morgan fingerprint density at radius 2 is 1.95 bits per heavy atom. The molecule has 1 unspecified atom stereocenters. The molecule has 4 heteroatoms. The van der Waals surface area contributed by atoms with Crippen LogP contribution in [0.15, 0.2) is 42.5 Å². The van der Waals surface area contributed by atoms with Crippen LogP contribution in [0, 0.1) is 12.7 Å². The van der Waals surface area contributed by atoms with Crippen molar-refractivity contribution >= 4 is 27.5 Å². The van der Waals surface area contributed by atoms with Crippen LogP contribution in [0.3, 0.4) is 0 Å². The first-order chi connectivity index (χ1) is 9.49. The van der Waals surface area contributed by atoms with Crippen molar-refractivity contribution < 1.29 is 9.18 Å². The lowest BCUT2D eigenvalue weighted by molar-refractivity contribution is 0.102. The first-order valence-electron chi connectivity index (χ1n) is 6.29. The highest BCUT2D eigenvalue weighted by Gasteiger charge is 2.14. The fourth-order valence-electron chi connectivity index (χ4n) is 1.96. The molecule has 2 rings (SSSR count). The maximum Gasteiger partial charge on any atom is 0.258 e. The Balaban J connectivity index is 2.31. The zero-order chi connectivity index (χ0) is 14.7. The molecular weight excluding hydrogens is 321 g/mol. The topological polar surface area (TPSA) is 29.1 Å². The summed E-state index contributed by atoms with van der Waals surface area (Å²) in [5.74, 6) is -0.954. The highest BCUT2D eigenvalue weighted by atomic mass is 79.9. The van der Waals surface area contributed by atoms with Gasteiger partial charge in [0, 0.05) is 10.5 Å². The van der Waals surface area contributed by atoms with E-state index < -0.39 is 11.7 Å². The first-order valence-corrected chi connectivity index (χ1v) is 7.21. The fourth-order valence-corrected chi connectivity index (χ4v) is 2.36. The van der Waals surface area contributed by atoms with Gasteiger partial charge in [-0.2, -0.15) is 0 Å². The van der Waals surface area contributed by atoms with Crippen LogP contribution in [0.25, 0.3) is 0 Å². The van der Waals surface area contributed by atoms with Gasteiger partial charge in [0.05, 0.1) is 5.56 Å². The molecule has 2 aromatic rings. The summed E-state index contributed by atoms with van der Waals surface area (Å²) < 4.78 is 13.7. The van der Waals surface area contributed by atoms with Gasteiger partial charge < -0.3 is 5.32 Å². The summed E-state index contributed by atoms with van der Waals surface area (Å²) in [6.45, 7) is 3.79. The van der Waals surface area contributed by atoms with Crippen LogP contribution in [0.4, 0.5) is 10.1 Å². The normalized spacial score (nSPS) is 12.0. The van der Waals surface area contributed by atoms with Crippen molar-refractivity contribution in [1.82, 2.24) is 0 Å². The summed E-state index contributed by atoms with van der Waals surface area (Å²) >= 11 is 3.48. The highest BCUT2D eigenvalue weighted by Crippen LogP contribution is 2.29. The number of nitrogens with one attached hydrogen (secondary N) is 1. The summed E-state index contributed by atoms with van der Waals surface area (Å²) in [5, 5.41) is 2.77. The Morgan fingerprint density at radius 3 is 2.65 bits per heavy atom. The highest BCUT2D eigenvalue weighted by molar-refractivity contribution is 9.09. The predicted molar refractivity (Wildman–Crippen MR) is 82.9 cm³/mol. The number of anilines is 1. The monoisotopic (exact) mass is 335 g/mol. The minimum atomic E-state index is -0.516. The van der Waals surface area contributed by atoms with Crippen LogP contribution in [0.5, 0.6) is 0 Å². The lowest BCUT2D eigenvalue weighted by Crippen LogP contribution is -2.15. The zero-order valence-electron chi connectivity index (χ0n) is 11.3. The van der Waals surface area contributed by atoms with Crippen LogP contribution in [-0.2, 0) is 0 Å². The molecule has 1 N–H and O–H groups in total. The molecule has 0 fully saturated rings. The standard InChI is InChI=1S/C16H15BrFNO/c1-10-7-8-14(18)13(9-10)16(20)19-15-6-4-3-5-12(15)11(2)17/h3-9,11H,1-2H3,(H,19,20). The van der Waals surface area contributed by atoms with Gasteiger partial charge in [-0.25, -0.2) is 4.39 Å². The van der Waals surface area contributed by atoms with Gasteiger partial charge in [0.15, 0.2) is 0 Å². The molecule has 0 spiro atoms. The molecule has 0 saturated heterocycles. The Hall–Kier alpha value is -1.68. The number of carbonyl (C=O) groups excluding carboxylic acids is 1. The number of halogens is 2. The molecule has 0 aliphatic carbocycles. The molecule has 2 nitrogen and oxygen atoms in total. The van der Waals surface area contributed by atoms with E-state index in [1.165, 1.54) is 6.07 Å². The molecule has 2 aromatic carbocycles. The minimum Gasteiger partial charge on any atom is -0.322 e. The van der Waals surface area contributed by atoms with E-state index in [0.29, 0.717) is 5.69 Å². The maximum absolute atomic E-state index is 13.7. The zero-order valence-corrected chi connectivity index (χ0v) is 12.9. The molecule has 1 amide bonds. The quantitative estimate of drug-likeness (QED) is 0.798.